The van der Waals surface area contributed by atoms with E-state index < -0.39 is 10.9 Å². The van der Waals surface area contributed by atoms with Crippen LogP contribution in [0, 0.1) is 10.1 Å². The van der Waals surface area contributed by atoms with Gasteiger partial charge < -0.3 is 5.11 Å². The minimum absolute atomic E-state index is 0.000844. The average Bonchev–Trinajstić information content (AvgIpc) is 2.45. The lowest BCUT2D eigenvalue weighted by molar-refractivity contribution is -0.384. The average molecular weight is 271 g/mol. The number of aliphatic carboxylic acids is 1. The molecule has 0 saturated carbocycles. The van der Waals surface area contributed by atoms with E-state index in [0.29, 0.717) is 11.1 Å². The predicted octanol–water partition coefficient (Wildman–Crippen LogP) is 3.28. The second kappa shape index (κ2) is 5.97. The summed E-state index contributed by atoms with van der Waals surface area (Å²) in [6, 6.07) is 13.9. The first-order valence-corrected chi connectivity index (χ1v) is 6.12. The fraction of sp³-hybridized carbons (Fsp3) is 0.133. The molecular formula is C15H13NO4. The summed E-state index contributed by atoms with van der Waals surface area (Å²) in [5.74, 6) is -0.917. The molecule has 1 N–H and O–H groups in total. The van der Waals surface area contributed by atoms with Crippen LogP contribution in [-0.4, -0.2) is 16.0 Å². The van der Waals surface area contributed by atoms with E-state index in [9.17, 15) is 14.9 Å². The Labute approximate surface area is 115 Å². The van der Waals surface area contributed by atoms with Crippen LogP contribution in [0.4, 0.5) is 5.69 Å². The van der Waals surface area contributed by atoms with E-state index in [0.717, 1.165) is 5.56 Å². The van der Waals surface area contributed by atoms with E-state index >= 15 is 0 Å². The van der Waals surface area contributed by atoms with Gasteiger partial charge in [0.2, 0.25) is 0 Å². The molecular weight excluding hydrogens is 258 g/mol. The Morgan fingerprint density at radius 2 is 1.85 bits per heavy atom. The van der Waals surface area contributed by atoms with Crippen LogP contribution < -0.4 is 0 Å². The summed E-state index contributed by atoms with van der Waals surface area (Å²) in [5.41, 5.74) is 1.96. The standard InChI is InChI=1S/C15H13NO4/c17-15(18)9-7-11-6-8-13(14(10-11)16(19)20)12-4-2-1-3-5-12/h1-6,8,10H,7,9H2,(H,17,18). The highest BCUT2D eigenvalue weighted by Crippen LogP contribution is 2.30. The second-order valence-corrected chi connectivity index (χ2v) is 4.37. The normalized spacial score (nSPS) is 10.2. The minimum Gasteiger partial charge on any atom is -0.481 e. The molecule has 0 bridgehead atoms. The van der Waals surface area contributed by atoms with E-state index in [4.69, 9.17) is 5.11 Å². The number of aryl methyl sites for hydroxylation is 1. The molecule has 20 heavy (non-hydrogen) atoms. The number of hydrogen-bond donors (Lipinski definition) is 1. The molecule has 0 amide bonds. The fourth-order valence-electron chi connectivity index (χ4n) is 2.00. The van der Waals surface area contributed by atoms with Gasteiger partial charge in [0.15, 0.2) is 0 Å². The lowest BCUT2D eigenvalue weighted by atomic mass is 10.00. The summed E-state index contributed by atoms with van der Waals surface area (Å²) < 4.78 is 0. The van der Waals surface area contributed by atoms with Gasteiger partial charge in [-0.25, -0.2) is 0 Å². The van der Waals surface area contributed by atoms with E-state index in [1.807, 2.05) is 18.2 Å². The van der Waals surface area contributed by atoms with Crippen molar-refractivity contribution in [1.29, 1.82) is 0 Å². The van der Waals surface area contributed by atoms with Crippen molar-refractivity contribution in [3.63, 3.8) is 0 Å². The number of benzene rings is 2. The number of nitro groups is 1. The number of carboxylic acids is 1. The van der Waals surface area contributed by atoms with Crippen LogP contribution in [0.5, 0.6) is 0 Å². The zero-order chi connectivity index (χ0) is 14.5. The number of rotatable bonds is 5. The van der Waals surface area contributed by atoms with Crippen molar-refractivity contribution in [2.75, 3.05) is 0 Å². The van der Waals surface area contributed by atoms with Gasteiger partial charge in [-0.1, -0.05) is 36.4 Å². The van der Waals surface area contributed by atoms with Crippen molar-refractivity contribution in [2.24, 2.45) is 0 Å². The summed E-state index contributed by atoms with van der Waals surface area (Å²) in [4.78, 5) is 21.3. The van der Waals surface area contributed by atoms with Crippen LogP contribution in [0.3, 0.4) is 0 Å². The molecule has 5 nitrogen and oxygen atoms in total. The van der Waals surface area contributed by atoms with Crippen LogP contribution in [-0.2, 0) is 11.2 Å². The zero-order valence-electron chi connectivity index (χ0n) is 10.7. The van der Waals surface area contributed by atoms with E-state index in [2.05, 4.69) is 0 Å². The third-order valence-electron chi connectivity index (χ3n) is 2.97. The third-order valence-corrected chi connectivity index (χ3v) is 2.97. The molecule has 2 rings (SSSR count). The molecule has 0 radical (unpaired) electrons. The fourth-order valence-corrected chi connectivity index (χ4v) is 2.00. The van der Waals surface area contributed by atoms with Gasteiger partial charge in [0, 0.05) is 12.5 Å². The number of nitrogens with zero attached hydrogens (tertiary/aromatic N) is 1. The van der Waals surface area contributed by atoms with Crippen LogP contribution in [0.1, 0.15) is 12.0 Å². The summed E-state index contributed by atoms with van der Waals surface area (Å²) in [5, 5.41) is 19.8. The Bertz CT molecular complexity index is 638. The molecule has 0 aliphatic heterocycles. The van der Waals surface area contributed by atoms with Gasteiger partial charge in [-0.15, -0.1) is 0 Å². The van der Waals surface area contributed by atoms with Gasteiger partial charge in [-0.05, 0) is 23.6 Å². The lowest BCUT2D eigenvalue weighted by Crippen LogP contribution is -1.99. The van der Waals surface area contributed by atoms with Crippen molar-refractivity contribution in [1.82, 2.24) is 0 Å². The monoisotopic (exact) mass is 271 g/mol. The van der Waals surface area contributed by atoms with Gasteiger partial charge in [0.1, 0.15) is 0 Å². The highest BCUT2D eigenvalue weighted by atomic mass is 16.6. The molecule has 0 fully saturated rings. The Morgan fingerprint density at radius 3 is 2.45 bits per heavy atom. The van der Waals surface area contributed by atoms with Crippen molar-refractivity contribution in [2.45, 2.75) is 12.8 Å². The quantitative estimate of drug-likeness (QED) is 0.668. The van der Waals surface area contributed by atoms with E-state index in [1.165, 1.54) is 6.07 Å². The Morgan fingerprint density at radius 1 is 1.15 bits per heavy atom. The largest absolute Gasteiger partial charge is 0.481 e. The molecule has 0 aliphatic carbocycles. The Hall–Kier alpha value is -2.69. The minimum atomic E-state index is -0.917. The van der Waals surface area contributed by atoms with Crippen molar-refractivity contribution in [3.8, 4) is 11.1 Å². The maximum atomic E-state index is 11.2. The predicted molar refractivity (Wildman–Crippen MR) is 74.5 cm³/mol. The molecule has 2 aromatic rings. The molecule has 102 valence electrons. The Kier molecular flexibility index (Phi) is 4.10. The summed E-state index contributed by atoms with van der Waals surface area (Å²) in [6.07, 6.45) is 0.243. The summed E-state index contributed by atoms with van der Waals surface area (Å²) >= 11 is 0. The molecule has 0 aliphatic rings. The first-order valence-electron chi connectivity index (χ1n) is 6.12. The molecule has 0 unspecified atom stereocenters. The maximum Gasteiger partial charge on any atom is 0.303 e. The lowest BCUT2D eigenvalue weighted by Gasteiger charge is -2.05. The first kappa shape index (κ1) is 13.7. The second-order valence-electron chi connectivity index (χ2n) is 4.37. The number of hydrogen-bond acceptors (Lipinski definition) is 3. The smallest absolute Gasteiger partial charge is 0.303 e. The van der Waals surface area contributed by atoms with Crippen molar-refractivity contribution >= 4 is 11.7 Å². The van der Waals surface area contributed by atoms with Crippen LogP contribution in [0.15, 0.2) is 48.5 Å². The van der Waals surface area contributed by atoms with Crippen LogP contribution in [0.25, 0.3) is 11.1 Å². The number of nitro benzene ring substituents is 1. The molecule has 0 heterocycles. The van der Waals surface area contributed by atoms with Gasteiger partial charge in [0.25, 0.3) is 5.69 Å². The number of carbonyl (C=O) groups is 1. The highest BCUT2D eigenvalue weighted by Gasteiger charge is 2.16. The molecule has 0 spiro atoms. The Balaban J connectivity index is 2.39. The molecule has 0 saturated heterocycles. The van der Waals surface area contributed by atoms with Gasteiger partial charge in [0.05, 0.1) is 10.5 Å². The molecule has 2 aromatic carbocycles. The molecule has 5 heteroatoms. The van der Waals surface area contributed by atoms with Crippen LogP contribution >= 0.6 is 0 Å². The SMILES string of the molecule is O=C(O)CCc1ccc(-c2ccccc2)c([N+](=O)[O-])c1. The van der Waals surface area contributed by atoms with Gasteiger partial charge >= 0.3 is 5.97 Å². The number of carboxylic acid groups (broad SMARTS) is 1. The summed E-state index contributed by atoms with van der Waals surface area (Å²) in [7, 11) is 0. The van der Waals surface area contributed by atoms with Crippen LogP contribution in [0.2, 0.25) is 0 Å². The van der Waals surface area contributed by atoms with Crippen molar-refractivity contribution < 1.29 is 14.8 Å². The molecule has 0 atom stereocenters. The first-order chi connectivity index (χ1) is 9.58. The topological polar surface area (TPSA) is 80.4 Å². The van der Waals surface area contributed by atoms with Gasteiger partial charge in [-0.2, -0.15) is 0 Å². The van der Waals surface area contributed by atoms with E-state index in [1.54, 1.807) is 24.3 Å². The highest BCUT2D eigenvalue weighted by molar-refractivity contribution is 5.74. The third kappa shape index (κ3) is 3.20. The van der Waals surface area contributed by atoms with E-state index in [-0.39, 0.29) is 18.5 Å². The maximum absolute atomic E-state index is 11.2. The zero-order valence-corrected chi connectivity index (χ0v) is 10.7. The van der Waals surface area contributed by atoms with Crippen molar-refractivity contribution in [3.05, 3.63) is 64.2 Å². The van der Waals surface area contributed by atoms with Gasteiger partial charge in [-0.3, -0.25) is 14.9 Å². The molecule has 0 aromatic heterocycles. The summed E-state index contributed by atoms with van der Waals surface area (Å²) in [6.45, 7) is 0.